The van der Waals surface area contributed by atoms with Gasteiger partial charge in [-0.1, -0.05) is 36.0 Å². The Hall–Kier alpha value is -3.39. The maximum atomic E-state index is 12.8. The van der Waals surface area contributed by atoms with Gasteiger partial charge in [0.2, 0.25) is 0 Å². The van der Waals surface area contributed by atoms with E-state index in [4.69, 9.17) is 14.1 Å². The minimum absolute atomic E-state index is 0.304. The lowest BCUT2D eigenvalue weighted by atomic mass is 10.0. The van der Waals surface area contributed by atoms with E-state index in [1.54, 1.807) is 19.3 Å². The second-order valence-electron chi connectivity index (χ2n) is 7.18. The summed E-state index contributed by atoms with van der Waals surface area (Å²) < 4.78 is 12.7. The number of benzene rings is 1. The average molecular weight is 449 g/mol. The topological polar surface area (TPSA) is 83.0 Å². The summed E-state index contributed by atoms with van der Waals surface area (Å²) in [5.74, 6) is 1.57. The molecule has 32 heavy (non-hydrogen) atoms. The van der Waals surface area contributed by atoms with Crippen LogP contribution in [0, 0.1) is 13.8 Å². The van der Waals surface area contributed by atoms with E-state index in [0.29, 0.717) is 41.1 Å². The molecule has 0 amide bonds. The van der Waals surface area contributed by atoms with E-state index >= 15 is 0 Å². The summed E-state index contributed by atoms with van der Waals surface area (Å²) >= 11 is 1.47. The number of nitrogens with zero attached hydrogens (tertiary/aromatic N) is 4. The Morgan fingerprint density at radius 1 is 1.25 bits per heavy atom. The van der Waals surface area contributed by atoms with Gasteiger partial charge in [0.1, 0.15) is 5.76 Å². The number of rotatable bonds is 8. The molecule has 0 fully saturated rings. The molecule has 3 aromatic heterocycles. The van der Waals surface area contributed by atoms with Crippen molar-refractivity contribution in [2.45, 2.75) is 38.2 Å². The van der Waals surface area contributed by atoms with Crippen LogP contribution in [0.4, 0.5) is 0 Å². The number of allylic oxidation sites excluding steroid dienone is 1. The highest BCUT2D eigenvalue weighted by Crippen LogP contribution is 2.31. The molecular formula is C24H24N4O3S. The number of esters is 1. The maximum Gasteiger partial charge on any atom is 0.340 e. The minimum atomic E-state index is -0.360. The Morgan fingerprint density at radius 3 is 2.78 bits per heavy atom. The number of furan rings is 1. The molecule has 1 aromatic carbocycles. The van der Waals surface area contributed by atoms with Gasteiger partial charge in [-0.3, -0.25) is 9.55 Å². The summed E-state index contributed by atoms with van der Waals surface area (Å²) in [5, 5.41) is 10.4. The maximum absolute atomic E-state index is 12.8. The van der Waals surface area contributed by atoms with Crippen molar-refractivity contribution in [3.8, 4) is 11.4 Å². The predicted octanol–water partition coefficient (Wildman–Crippen LogP) is 5.36. The number of aryl methyl sites for hydroxylation is 2. The van der Waals surface area contributed by atoms with Crippen LogP contribution < -0.4 is 0 Å². The fraction of sp³-hybridized carbons (Fsp3) is 0.250. The first-order chi connectivity index (χ1) is 15.5. The second kappa shape index (κ2) is 9.40. The highest BCUT2D eigenvalue weighted by Gasteiger charge is 2.22. The average Bonchev–Trinajstić information content (AvgIpc) is 3.38. The van der Waals surface area contributed by atoms with Gasteiger partial charge in [-0.05, 0) is 38.5 Å². The largest absolute Gasteiger partial charge is 0.469 e. The molecule has 0 atom stereocenters. The van der Waals surface area contributed by atoms with Crippen LogP contribution in [0.25, 0.3) is 22.3 Å². The normalized spacial score (nSPS) is 11.1. The summed E-state index contributed by atoms with van der Waals surface area (Å²) in [7, 11) is 0. The zero-order chi connectivity index (χ0) is 22.7. The van der Waals surface area contributed by atoms with Gasteiger partial charge in [0.25, 0.3) is 0 Å². The van der Waals surface area contributed by atoms with Crippen LogP contribution in [-0.2, 0) is 17.0 Å². The summed E-state index contributed by atoms with van der Waals surface area (Å²) in [5.41, 5.74) is 3.78. The number of carbonyl (C=O) groups excluding carboxylic acids is 1. The number of hydrogen-bond acceptors (Lipinski definition) is 7. The second-order valence-corrected chi connectivity index (χ2v) is 8.12. The summed E-state index contributed by atoms with van der Waals surface area (Å²) in [4.78, 5) is 17.6. The number of para-hydroxylation sites is 1. The number of fused-ring (bicyclic) bond motifs is 1. The number of hydrogen-bond donors (Lipinski definition) is 0. The van der Waals surface area contributed by atoms with Crippen LogP contribution in [0.1, 0.15) is 34.3 Å². The molecule has 3 heterocycles. The third kappa shape index (κ3) is 4.05. The van der Waals surface area contributed by atoms with E-state index in [1.807, 2.05) is 48.7 Å². The van der Waals surface area contributed by atoms with Crippen molar-refractivity contribution in [2.75, 3.05) is 6.61 Å². The molecule has 0 radical (unpaired) electrons. The Balaban J connectivity index is 1.72. The Morgan fingerprint density at radius 2 is 2.06 bits per heavy atom. The molecule has 0 saturated carbocycles. The summed E-state index contributed by atoms with van der Waals surface area (Å²) in [6.45, 7) is 10.3. The lowest BCUT2D eigenvalue weighted by Gasteiger charge is -2.14. The van der Waals surface area contributed by atoms with Crippen molar-refractivity contribution in [3.05, 3.63) is 71.8 Å². The standard InChI is InChI=1S/C24H24N4O3S/c1-5-12-28-22(18-11-13-31-16(18)4)26-27-24(28)32-14-20-21(23(29)30-6-2)15(3)17-9-7-8-10-19(17)25-20/h5,7-11,13H,1,6,12,14H2,2-4H3. The fourth-order valence-electron chi connectivity index (χ4n) is 3.66. The van der Waals surface area contributed by atoms with Crippen LogP contribution in [0.3, 0.4) is 0 Å². The van der Waals surface area contributed by atoms with E-state index in [0.717, 1.165) is 27.8 Å². The van der Waals surface area contributed by atoms with E-state index in [1.165, 1.54) is 11.8 Å². The van der Waals surface area contributed by atoms with Crippen molar-refractivity contribution in [3.63, 3.8) is 0 Å². The highest BCUT2D eigenvalue weighted by atomic mass is 32.2. The monoisotopic (exact) mass is 448 g/mol. The third-order valence-electron chi connectivity index (χ3n) is 5.17. The van der Waals surface area contributed by atoms with Crippen LogP contribution >= 0.6 is 11.8 Å². The summed E-state index contributed by atoms with van der Waals surface area (Å²) in [6.07, 6.45) is 3.44. The van der Waals surface area contributed by atoms with Crippen LogP contribution in [0.5, 0.6) is 0 Å². The number of thioether (sulfide) groups is 1. The first-order valence-electron chi connectivity index (χ1n) is 10.3. The van der Waals surface area contributed by atoms with Gasteiger partial charge in [-0.25, -0.2) is 4.79 Å². The van der Waals surface area contributed by atoms with Gasteiger partial charge in [0.15, 0.2) is 11.0 Å². The smallest absolute Gasteiger partial charge is 0.340 e. The zero-order valence-electron chi connectivity index (χ0n) is 18.3. The summed E-state index contributed by atoms with van der Waals surface area (Å²) in [6, 6.07) is 9.68. The molecule has 0 spiro atoms. The van der Waals surface area contributed by atoms with Gasteiger partial charge in [0, 0.05) is 17.7 Å². The van der Waals surface area contributed by atoms with Crippen molar-refractivity contribution in [2.24, 2.45) is 0 Å². The lowest BCUT2D eigenvalue weighted by molar-refractivity contribution is 0.0524. The predicted molar refractivity (Wildman–Crippen MR) is 125 cm³/mol. The van der Waals surface area contributed by atoms with E-state index in [9.17, 15) is 4.79 Å². The molecule has 8 heteroatoms. The molecule has 0 saturated heterocycles. The van der Waals surface area contributed by atoms with Crippen LogP contribution in [0.15, 0.2) is 58.8 Å². The van der Waals surface area contributed by atoms with Crippen LogP contribution in [0.2, 0.25) is 0 Å². The number of carbonyl (C=O) groups is 1. The van der Waals surface area contributed by atoms with Gasteiger partial charge in [0.05, 0.1) is 35.2 Å². The van der Waals surface area contributed by atoms with Crippen molar-refractivity contribution >= 4 is 28.6 Å². The quantitative estimate of drug-likeness (QED) is 0.204. The Bertz CT molecular complexity index is 1290. The first kappa shape index (κ1) is 21.8. The number of aromatic nitrogens is 4. The molecule has 4 rings (SSSR count). The molecule has 4 aromatic rings. The van der Waals surface area contributed by atoms with Crippen molar-refractivity contribution < 1.29 is 13.9 Å². The molecule has 0 aliphatic heterocycles. The molecule has 0 unspecified atom stereocenters. The molecule has 0 aliphatic carbocycles. The van der Waals surface area contributed by atoms with E-state index in [-0.39, 0.29) is 5.97 Å². The number of ether oxygens (including phenoxy) is 1. The Labute approximate surface area is 190 Å². The number of pyridine rings is 1. The van der Waals surface area contributed by atoms with Crippen molar-refractivity contribution in [1.82, 2.24) is 19.7 Å². The molecule has 0 bridgehead atoms. The van der Waals surface area contributed by atoms with Gasteiger partial charge >= 0.3 is 5.97 Å². The zero-order valence-corrected chi connectivity index (χ0v) is 19.1. The first-order valence-corrected chi connectivity index (χ1v) is 11.3. The highest BCUT2D eigenvalue weighted by molar-refractivity contribution is 7.98. The molecule has 164 valence electrons. The van der Waals surface area contributed by atoms with Gasteiger partial charge < -0.3 is 9.15 Å². The minimum Gasteiger partial charge on any atom is -0.469 e. The Kier molecular flexibility index (Phi) is 6.41. The van der Waals surface area contributed by atoms with E-state index < -0.39 is 0 Å². The van der Waals surface area contributed by atoms with Crippen molar-refractivity contribution in [1.29, 1.82) is 0 Å². The van der Waals surface area contributed by atoms with Crippen LogP contribution in [-0.4, -0.2) is 32.3 Å². The molecular weight excluding hydrogens is 424 g/mol. The lowest BCUT2D eigenvalue weighted by Crippen LogP contribution is -2.12. The molecule has 7 nitrogen and oxygen atoms in total. The van der Waals surface area contributed by atoms with Gasteiger partial charge in [-0.2, -0.15) is 0 Å². The van der Waals surface area contributed by atoms with E-state index in [2.05, 4.69) is 16.8 Å². The molecule has 0 aliphatic rings. The molecule has 0 N–H and O–H groups in total. The SMILES string of the molecule is C=CCn1c(SCc2nc3ccccc3c(C)c2C(=O)OCC)nnc1-c1ccoc1C. The fourth-order valence-corrected chi connectivity index (χ4v) is 4.55. The third-order valence-corrected chi connectivity index (χ3v) is 6.15. The van der Waals surface area contributed by atoms with Gasteiger partial charge in [-0.15, -0.1) is 16.8 Å².